The lowest BCUT2D eigenvalue weighted by atomic mass is 9.56. The lowest BCUT2D eigenvalue weighted by molar-refractivity contribution is 0.355. The molecule has 0 fully saturated rings. The van der Waals surface area contributed by atoms with Crippen molar-refractivity contribution in [2.24, 2.45) is 11.8 Å². The third-order valence-electron chi connectivity index (χ3n) is 14.0. The molecule has 58 heavy (non-hydrogen) atoms. The van der Waals surface area contributed by atoms with E-state index in [2.05, 4.69) is 183 Å². The average molecular weight is 765 g/mol. The van der Waals surface area contributed by atoms with Crippen LogP contribution in [0.15, 0.2) is 157 Å². The van der Waals surface area contributed by atoms with Gasteiger partial charge in [-0.05, 0) is 117 Å². The number of fused-ring (bicyclic) bond motifs is 9. The van der Waals surface area contributed by atoms with Gasteiger partial charge in [0.05, 0.1) is 27.2 Å². The van der Waals surface area contributed by atoms with Gasteiger partial charge in [0.1, 0.15) is 0 Å². The largest absolute Gasteiger partial charge is 0.295 e. The Labute approximate surface area is 343 Å². The second kappa shape index (κ2) is 12.7. The number of hydrogen-bond acceptors (Lipinski definition) is 2. The molecule has 0 spiro atoms. The number of pyridine rings is 1. The standard InChI is InChI=1S/C55H44N2S/c1-33-23-28-41(29-35(33)3)55(40-15-5-4-6-16-40)46-19-9-7-17-42(46)44-31-39(30-38-14-12-20-47(55)51(38)44)36-24-26-37(27-25-36)49-32-45-43-18-8-10-22-50(43)58-53(45)54-56-48-21-11-13-34(2)52(48)57(49)54/h4-12,14-22,24-28,30-35H,13,23,29H2,1-3H3. The van der Waals surface area contributed by atoms with Gasteiger partial charge in [-0.3, -0.25) is 4.40 Å². The predicted molar refractivity (Wildman–Crippen MR) is 246 cm³/mol. The van der Waals surface area contributed by atoms with Gasteiger partial charge >= 0.3 is 0 Å². The molecule has 9 aromatic rings. The molecule has 6 aromatic carbocycles. The molecule has 12 rings (SSSR count). The number of nitrogens with zero attached hydrogens (tertiary/aromatic N) is 2. The van der Waals surface area contributed by atoms with Gasteiger partial charge in [-0.2, -0.15) is 0 Å². The molecule has 280 valence electrons. The molecule has 4 unspecified atom stereocenters. The van der Waals surface area contributed by atoms with E-state index in [1.54, 1.807) is 5.57 Å². The average Bonchev–Trinajstić information content (AvgIpc) is 3.85. The first-order valence-electron chi connectivity index (χ1n) is 21.0. The fourth-order valence-corrected chi connectivity index (χ4v) is 12.1. The van der Waals surface area contributed by atoms with Crippen molar-refractivity contribution in [1.82, 2.24) is 9.38 Å². The zero-order valence-electron chi connectivity index (χ0n) is 33.2. The summed E-state index contributed by atoms with van der Waals surface area (Å²) in [6, 6.07) is 53.1. The molecule has 2 nitrogen and oxygen atoms in total. The summed E-state index contributed by atoms with van der Waals surface area (Å²) >= 11 is 1.86. The van der Waals surface area contributed by atoms with Crippen molar-refractivity contribution in [1.29, 1.82) is 0 Å². The van der Waals surface area contributed by atoms with E-state index in [0.717, 1.165) is 30.6 Å². The summed E-state index contributed by atoms with van der Waals surface area (Å²) in [7, 11) is 0. The molecule has 3 heterocycles. The molecule has 3 heteroatoms. The maximum atomic E-state index is 5.31. The molecular formula is C55H44N2S. The minimum Gasteiger partial charge on any atom is -0.295 e. The third-order valence-corrected chi connectivity index (χ3v) is 15.2. The normalized spacial score (nSPS) is 21.1. The molecule has 0 bridgehead atoms. The van der Waals surface area contributed by atoms with Crippen LogP contribution in [0.5, 0.6) is 0 Å². The SMILES string of the molecule is CC1CC=Cc2nc3c4sc5ccccc5c4cc(-c4ccc(-c5cc6c7c(cccc7c5)C(C5=CCC(C)C(C)C5)(c5ccccc5)c5ccccc5-6)cc4)n3c21. The van der Waals surface area contributed by atoms with Crippen molar-refractivity contribution in [3.05, 3.63) is 185 Å². The van der Waals surface area contributed by atoms with Gasteiger partial charge in [-0.25, -0.2) is 4.98 Å². The zero-order valence-corrected chi connectivity index (χ0v) is 34.0. The molecule has 3 aliphatic carbocycles. The highest BCUT2D eigenvalue weighted by Gasteiger charge is 2.46. The van der Waals surface area contributed by atoms with E-state index in [4.69, 9.17) is 4.98 Å². The van der Waals surface area contributed by atoms with Gasteiger partial charge in [-0.15, -0.1) is 11.3 Å². The minimum absolute atomic E-state index is 0.345. The number of imidazole rings is 1. The van der Waals surface area contributed by atoms with Crippen LogP contribution in [-0.2, 0) is 5.41 Å². The number of hydrogen-bond donors (Lipinski definition) is 0. The van der Waals surface area contributed by atoms with Crippen LogP contribution in [0.1, 0.15) is 74.0 Å². The van der Waals surface area contributed by atoms with E-state index in [0.29, 0.717) is 17.8 Å². The summed E-state index contributed by atoms with van der Waals surface area (Å²) in [5.74, 6) is 1.70. The van der Waals surface area contributed by atoms with Crippen LogP contribution >= 0.6 is 11.3 Å². The molecule has 0 radical (unpaired) electrons. The van der Waals surface area contributed by atoms with Gasteiger partial charge < -0.3 is 0 Å². The van der Waals surface area contributed by atoms with E-state index < -0.39 is 0 Å². The highest BCUT2D eigenvalue weighted by atomic mass is 32.1. The highest BCUT2D eigenvalue weighted by Crippen LogP contribution is 2.58. The Bertz CT molecular complexity index is 3200. The number of thiophene rings is 1. The predicted octanol–water partition coefficient (Wildman–Crippen LogP) is 15.0. The lowest BCUT2D eigenvalue weighted by Crippen LogP contribution is -2.37. The van der Waals surface area contributed by atoms with Gasteiger partial charge in [0, 0.05) is 21.4 Å². The van der Waals surface area contributed by atoms with Crippen molar-refractivity contribution >= 4 is 54.0 Å². The Morgan fingerprint density at radius 2 is 1.43 bits per heavy atom. The maximum absolute atomic E-state index is 5.31. The first-order chi connectivity index (χ1) is 28.5. The Balaban J connectivity index is 1.05. The van der Waals surface area contributed by atoms with Crippen molar-refractivity contribution in [2.45, 2.75) is 51.4 Å². The third kappa shape index (κ3) is 4.74. The van der Waals surface area contributed by atoms with Crippen LogP contribution in [0, 0.1) is 11.8 Å². The van der Waals surface area contributed by atoms with E-state index in [1.807, 2.05) is 11.3 Å². The van der Waals surface area contributed by atoms with Crippen LogP contribution in [0.4, 0.5) is 0 Å². The number of rotatable bonds is 4. The number of aromatic nitrogens is 2. The maximum Gasteiger partial charge on any atom is 0.156 e. The quantitative estimate of drug-likeness (QED) is 0.163. The molecule has 0 aliphatic heterocycles. The smallest absolute Gasteiger partial charge is 0.156 e. The molecule has 0 amide bonds. The molecule has 0 saturated heterocycles. The number of benzene rings is 6. The second-order valence-corrected chi connectivity index (χ2v) is 18.3. The van der Waals surface area contributed by atoms with Crippen LogP contribution in [-0.4, -0.2) is 9.38 Å². The monoisotopic (exact) mass is 764 g/mol. The number of allylic oxidation sites excluding steroid dienone is 3. The Hall–Kier alpha value is -6.03. The zero-order chi connectivity index (χ0) is 38.7. The van der Waals surface area contributed by atoms with Crippen LogP contribution < -0.4 is 0 Å². The second-order valence-electron chi connectivity index (χ2n) is 17.2. The fourth-order valence-electron chi connectivity index (χ4n) is 10.9. The molecule has 4 atom stereocenters. The van der Waals surface area contributed by atoms with Gasteiger partial charge in [0.15, 0.2) is 5.65 Å². The topological polar surface area (TPSA) is 17.3 Å². The molecular weight excluding hydrogens is 721 g/mol. The Morgan fingerprint density at radius 3 is 2.29 bits per heavy atom. The molecule has 0 N–H and O–H groups in total. The summed E-state index contributed by atoms with van der Waals surface area (Å²) < 4.78 is 5.04. The molecule has 3 aromatic heterocycles. The van der Waals surface area contributed by atoms with Crippen molar-refractivity contribution in [3.8, 4) is 33.5 Å². The van der Waals surface area contributed by atoms with Crippen molar-refractivity contribution in [3.63, 3.8) is 0 Å². The summed E-state index contributed by atoms with van der Waals surface area (Å²) in [5.41, 5.74) is 16.4. The van der Waals surface area contributed by atoms with Gasteiger partial charge in [-0.1, -0.05) is 154 Å². The van der Waals surface area contributed by atoms with Crippen LogP contribution in [0.25, 0.3) is 76.2 Å². The highest BCUT2D eigenvalue weighted by molar-refractivity contribution is 7.26. The van der Waals surface area contributed by atoms with E-state index in [1.165, 1.54) is 86.8 Å². The van der Waals surface area contributed by atoms with E-state index in [9.17, 15) is 0 Å². The lowest BCUT2D eigenvalue weighted by Gasteiger charge is -2.46. The van der Waals surface area contributed by atoms with Crippen LogP contribution in [0.2, 0.25) is 0 Å². The summed E-state index contributed by atoms with van der Waals surface area (Å²) in [4.78, 5) is 5.31. The van der Waals surface area contributed by atoms with Gasteiger partial charge in [0.2, 0.25) is 0 Å². The molecule has 0 saturated carbocycles. The minimum atomic E-state index is -0.345. The van der Waals surface area contributed by atoms with E-state index in [-0.39, 0.29) is 5.41 Å². The molecule has 3 aliphatic rings. The summed E-state index contributed by atoms with van der Waals surface area (Å²) in [5, 5.41) is 5.26. The van der Waals surface area contributed by atoms with Gasteiger partial charge in [0.25, 0.3) is 0 Å². The van der Waals surface area contributed by atoms with Crippen molar-refractivity contribution < 1.29 is 0 Å². The van der Waals surface area contributed by atoms with Crippen molar-refractivity contribution in [2.75, 3.05) is 0 Å². The van der Waals surface area contributed by atoms with Crippen LogP contribution in [0.3, 0.4) is 0 Å². The Morgan fingerprint density at radius 1 is 0.655 bits per heavy atom. The summed E-state index contributed by atoms with van der Waals surface area (Å²) in [6.07, 6.45) is 10.3. The summed E-state index contributed by atoms with van der Waals surface area (Å²) in [6.45, 7) is 7.20. The fraction of sp³-hybridized carbons (Fsp3) is 0.182. The first kappa shape index (κ1) is 34.0. The van der Waals surface area contributed by atoms with E-state index >= 15 is 0 Å². The first-order valence-corrected chi connectivity index (χ1v) is 21.9. The Kier molecular flexibility index (Phi) is 7.48.